The molecule has 0 bridgehead atoms. The Kier molecular flexibility index (Phi) is 6.03. The zero-order chi connectivity index (χ0) is 25.7. The van der Waals surface area contributed by atoms with Gasteiger partial charge < -0.3 is 14.8 Å². The Balaban J connectivity index is 1.33. The van der Waals surface area contributed by atoms with Crippen molar-refractivity contribution < 1.29 is 27.6 Å². The number of para-hydroxylation sites is 1. The second kappa shape index (κ2) is 9.05. The quantitative estimate of drug-likeness (QED) is 0.316. The molecule has 0 saturated carbocycles. The smallest absolute Gasteiger partial charge is 0.270 e. The summed E-state index contributed by atoms with van der Waals surface area (Å²) in [7, 11) is 1.36. The number of aromatic amines is 1. The van der Waals surface area contributed by atoms with Crippen molar-refractivity contribution in [1.29, 1.82) is 0 Å². The summed E-state index contributed by atoms with van der Waals surface area (Å²) in [6, 6.07) is 8.18. The van der Waals surface area contributed by atoms with Gasteiger partial charge in [0.1, 0.15) is 11.5 Å². The van der Waals surface area contributed by atoms with Crippen molar-refractivity contribution in [3.63, 3.8) is 0 Å². The van der Waals surface area contributed by atoms with Gasteiger partial charge >= 0.3 is 0 Å². The van der Waals surface area contributed by atoms with Crippen molar-refractivity contribution >= 4 is 50.1 Å². The van der Waals surface area contributed by atoms with Gasteiger partial charge in [-0.05, 0) is 30.5 Å². The molecule has 1 aliphatic heterocycles. The highest BCUT2D eigenvalue weighted by molar-refractivity contribution is 7.20. The molecule has 1 fully saturated rings. The molecule has 2 atom stereocenters. The summed E-state index contributed by atoms with van der Waals surface area (Å²) in [5, 5.41) is 0.0544. The van der Waals surface area contributed by atoms with Crippen LogP contribution in [-0.4, -0.2) is 63.5 Å². The Morgan fingerprint density at radius 2 is 1.92 bits per heavy atom. The Morgan fingerprint density at radius 3 is 2.67 bits per heavy atom. The molecule has 7 nitrogen and oxygen atoms in total. The van der Waals surface area contributed by atoms with Gasteiger partial charge in [0.2, 0.25) is 11.7 Å². The minimum Gasteiger partial charge on any atom is -0.348 e. The SMILES string of the molecule is CC1CC(C(=O)c2nc3ccccc3s2)N(C(=O)CN(C)C(=O)c2cc3c(F)cc(F)c(F)c3[nH]2)C1. The molecular weight excluding hydrogens is 493 g/mol. The van der Waals surface area contributed by atoms with Crippen LogP contribution < -0.4 is 0 Å². The second-order valence-electron chi connectivity index (χ2n) is 9.04. The number of thiazole rings is 1. The zero-order valence-corrected chi connectivity index (χ0v) is 20.2. The Bertz CT molecular complexity index is 1500. The molecule has 0 radical (unpaired) electrons. The maximum Gasteiger partial charge on any atom is 0.270 e. The van der Waals surface area contributed by atoms with E-state index < -0.39 is 40.8 Å². The number of Topliss-reactive ketones (excluding diaryl/α,β-unsaturated/α-hetero) is 1. The molecule has 2 aromatic heterocycles. The van der Waals surface area contributed by atoms with Gasteiger partial charge in [0.05, 0.1) is 28.3 Å². The van der Waals surface area contributed by atoms with Crippen molar-refractivity contribution in [1.82, 2.24) is 19.8 Å². The molecule has 11 heteroatoms. The summed E-state index contributed by atoms with van der Waals surface area (Å²) in [6.07, 6.45) is 0.476. The first kappa shape index (κ1) is 24.0. The van der Waals surface area contributed by atoms with Gasteiger partial charge in [-0.1, -0.05) is 19.1 Å². The molecule has 1 saturated heterocycles. The maximum atomic E-state index is 14.0. The predicted molar refractivity (Wildman–Crippen MR) is 128 cm³/mol. The first-order valence-electron chi connectivity index (χ1n) is 11.2. The summed E-state index contributed by atoms with van der Waals surface area (Å²) in [5.74, 6) is -5.00. The molecule has 0 spiro atoms. The van der Waals surface area contributed by atoms with Crippen molar-refractivity contribution in [2.24, 2.45) is 5.92 Å². The molecule has 186 valence electrons. The van der Waals surface area contributed by atoms with Crippen LogP contribution in [0, 0.1) is 23.4 Å². The van der Waals surface area contributed by atoms with Gasteiger partial charge in [0.25, 0.3) is 5.91 Å². The van der Waals surface area contributed by atoms with Crippen LogP contribution in [0.3, 0.4) is 0 Å². The molecule has 5 rings (SSSR count). The van der Waals surface area contributed by atoms with Crippen LogP contribution in [0.1, 0.15) is 33.6 Å². The number of aromatic nitrogens is 2. The maximum absolute atomic E-state index is 14.0. The molecule has 2 amide bonds. The van der Waals surface area contributed by atoms with E-state index in [9.17, 15) is 27.6 Å². The highest BCUT2D eigenvalue weighted by Gasteiger charge is 2.39. The lowest BCUT2D eigenvalue weighted by Crippen LogP contribution is -2.46. The number of likely N-dealkylation sites (N-methyl/N-ethyl adjacent to an activating group) is 1. The molecular formula is C25H21F3N4O3S. The normalized spacial score (nSPS) is 17.8. The van der Waals surface area contributed by atoms with Crippen LogP contribution in [0.2, 0.25) is 0 Å². The van der Waals surface area contributed by atoms with Crippen molar-refractivity contribution in [2.75, 3.05) is 20.1 Å². The number of hydrogen-bond donors (Lipinski definition) is 1. The summed E-state index contributed by atoms with van der Waals surface area (Å²) in [6.45, 7) is 1.93. The van der Waals surface area contributed by atoms with E-state index in [2.05, 4.69) is 9.97 Å². The summed E-state index contributed by atoms with van der Waals surface area (Å²) < 4.78 is 42.5. The van der Waals surface area contributed by atoms with Crippen LogP contribution in [0.25, 0.3) is 21.1 Å². The largest absolute Gasteiger partial charge is 0.348 e. The van der Waals surface area contributed by atoms with E-state index in [1.54, 1.807) is 0 Å². The van der Waals surface area contributed by atoms with E-state index >= 15 is 0 Å². The Morgan fingerprint density at radius 1 is 1.17 bits per heavy atom. The summed E-state index contributed by atoms with van der Waals surface area (Å²) in [5.41, 5.74) is 0.0530. The fraction of sp³-hybridized carbons (Fsp3) is 0.280. The fourth-order valence-corrected chi connectivity index (χ4v) is 5.52. The minimum atomic E-state index is -1.38. The molecule has 36 heavy (non-hydrogen) atoms. The van der Waals surface area contributed by atoms with E-state index in [0.717, 1.165) is 15.7 Å². The van der Waals surface area contributed by atoms with Crippen molar-refractivity contribution in [3.8, 4) is 0 Å². The topological polar surface area (TPSA) is 86.4 Å². The number of hydrogen-bond acceptors (Lipinski definition) is 5. The van der Waals surface area contributed by atoms with Crippen molar-refractivity contribution in [3.05, 3.63) is 64.6 Å². The first-order chi connectivity index (χ1) is 17.1. The number of rotatable bonds is 5. The third-order valence-corrected chi connectivity index (χ3v) is 7.40. The number of fused-ring (bicyclic) bond motifs is 2. The van der Waals surface area contributed by atoms with Gasteiger partial charge in [-0.15, -0.1) is 11.3 Å². The van der Waals surface area contributed by atoms with E-state index in [1.807, 2.05) is 31.2 Å². The fourth-order valence-electron chi connectivity index (χ4n) is 4.56. The van der Waals surface area contributed by atoms with Crippen LogP contribution in [0.5, 0.6) is 0 Å². The number of halogens is 3. The number of carbonyl (C=O) groups is 3. The number of benzene rings is 2. The van der Waals surface area contributed by atoms with Gasteiger partial charge in [0, 0.05) is 25.0 Å². The van der Waals surface area contributed by atoms with Gasteiger partial charge in [-0.2, -0.15) is 0 Å². The van der Waals surface area contributed by atoms with Gasteiger partial charge in [0.15, 0.2) is 16.6 Å². The number of nitrogens with zero attached hydrogens (tertiary/aromatic N) is 3. The van der Waals surface area contributed by atoms with Crippen LogP contribution in [-0.2, 0) is 4.79 Å². The summed E-state index contributed by atoms with van der Waals surface area (Å²) >= 11 is 1.27. The zero-order valence-electron chi connectivity index (χ0n) is 19.3. The number of nitrogens with one attached hydrogen (secondary N) is 1. The Hall–Kier alpha value is -3.73. The van der Waals surface area contributed by atoms with E-state index in [4.69, 9.17) is 0 Å². The second-order valence-corrected chi connectivity index (χ2v) is 10.1. The molecule has 0 aliphatic carbocycles. The number of ketones is 1. The van der Waals surface area contributed by atoms with Crippen LogP contribution in [0.15, 0.2) is 36.4 Å². The van der Waals surface area contributed by atoms with Gasteiger partial charge in [-0.3, -0.25) is 14.4 Å². The third-order valence-electron chi connectivity index (χ3n) is 6.35. The number of carbonyl (C=O) groups excluding carboxylic acids is 3. The first-order valence-corrected chi connectivity index (χ1v) is 12.1. The standard InChI is InChI=1S/C25H21F3N4O3S/c1-12-7-18(23(34)24-30-16-5-3-4-6-19(16)36-24)32(10-12)20(33)11-31(2)25(35)17-8-13-14(26)9-15(27)21(28)22(13)29-17/h3-6,8-9,12,18,29H,7,10-11H2,1-2H3. The Labute approximate surface area is 207 Å². The number of likely N-dealkylation sites (tertiary alicyclic amines) is 1. The average molecular weight is 515 g/mol. The highest BCUT2D eigenvalue weighted by Crippen LogP contribution is 2.30. The predicted octanol–water partition coefficient (Wildman–Crippen LogP) is 4.39. The van der Waals surface area contributed by atoms with E-state index in [-0.39, 0.29) is 29.3 Å². The lowest BCUT2D eigenvalue weighted by molar-refractivity contribution is -0.131. The number of H-pyrrole nitrogens is 1. The van der Waals surface area contributed by atoms with Crippen LogP contribution in [0.4, 0.5) is 13.2 Å². The van der Waals surface area contributed by atoms with E-state index in [1.165, 1.54) is 23.3 Å². The third kappa shape index (κ3) is 4.13. The highest BCUT2D eigenvalue weighted by atomic mass is 32.1. The summed E-state index contributed by atoms with van der Waals surface area (Å²) in [4.78, 5) is 48.7. The molecule has 2 unspecified atom stereocenters. The lowest BCUT2D eigenvalue weighted by atomic mass is 10.1. The molecule has 1 aliphatic rings. The molecule has 3 heterocycles. The van der Waals surface area contributed by atoms with Crippen molar-refractivity contribution in [2.45, 2.75) is 19.4 Å². The number of amides is 2. The minimum absolute atomic E-state index is 0.0767. The van der Waals surface area contributed by atoms with Gasteiger partial charge in [-0.25, -0.2) is 18.2 Å². The van der Waals surface area contributed by atoms with Crippen LogP contribution >= 0.6 is 11.3 Å². The molecule has 4 aromatic rings. The molecule has 2 aromatic carbocycles. The monoisotopic (exact) mass is 514 g/mol. The van der Waals surface area contributed by atoms with E-state index in [0.29, 0.717) is 29.6 Å². The average Bonchev–Trinajstić information content (AvgIpc) is 3.58. The molecule has 1 N–H and O–H groups in total. The lowest BCUT2D eigenvalue weighted by Gasteiger charge is -2.25.